The first-order chi connectivity index (χ1) is 7.91. The molecule has 0 saturated carbocycles. The number of para-hydroxylation sites is 1. The Morgan fingerprint density at radius 1 is 1.29 bits per heavy atom. The van der Waals surface area contributed by atoms with Crippen molar-refractivity contribution in [1.82, 2.24) is 0 Å². The van der Waals surface area contributed by atoms with Crippen molar-refractivity contribution in [3.8, 4) is 0 Å². The summed E-state index contributed by atoms with van der Waals surface area (Å²) in [5, 5.41) is 3.23. The molecule has 0 saturated heterocycles. The Kier molecular flexibility index (Phi) is 2.72. The van der Waals surface area contributed by atoms with Gasteiger partial charge in [-0.2, -0.15) is 18.5 Å². The molecular formula is C10H10N2O4S. The maximum Gasteiger partial charge on any atom is 0.282 e. The molecule has 0 spiro atoms. The van der Waals surface area contributed by atoms with Gasteiger partial charge in [-0.3, -0.25) is 9.35 Å². The summed E-state index contributed by atoms with van der Waals surface area (Å²) in [5.41, 5.74) is 0.518. The number of hydrazone groups is 1. The van der Waals surface area contributed by atoms with Crippen LogP contribution in [-0.4, -0.2) is 29.8 Å². The van der Waals surface area contributed by atoms with E-state index < -0.39 is 21.3 Å². The van der Waals surface area contributed by atoms with Crippen molar-refractivity contribution in [3.05, 3.63) is 30.3 Å². The van der Waals surface area contributed by atoms with Crippen molar-refractivity contribution in [2.45, 2.75) is 12.2 Å². The van der Waals surface area contributed by atoms with Crippen LogP contribution in [0.2, 0.25) is 0 Å². The van der Waals surface area contributed by atoms with Gasteiger partial charge in [-0.1, -0.05) is 18.2 Å². The SMILES string of the molecule is CC1=NN(c2ccccc2)C(=O)[C@@H]1S(=O)(=O)O. The fraction of sp³-hybridized carbons (Fsp3) is 0.200. The number of rotatable bonds is 2. The molecule has 90 valence electrons. The zero-order valence-electron chi connectivity index (χ0n) is 8.94. The van der Waals surface area contributed by atoms with E-state index in [-0.39, 0.29) is 5.71 Å². The molecule has 1 atom stereocenters. The monoisotopic (exact) mass is 254 g/mol. The number of benzene rings is 1. The average Bonchev–Trinajstić information content (AvgIpc) is 2.54. The highest BCUT2D eigenvalue weighted by atomic mass is 32.2. The van der Waals surface area contributed by atoms with E-state index >= 15 is 0 Å². The lowest BCUT2D eigenvalue weighted by Gasteiger charge is -2.12. The Hall–Kier alpha value is -1.73. The van der Waals surface area contributed by atoms with Gasteiger partial charge in [0.15, 0.2) is 0 Å². The summed E-state index contributed by atoms with van der Waals surface area (Å²) < 4.78 is 31.1. The Morgan fingerprint density at radius 3 is 2.35 bits per heavy atom. The van der Waals surface area contributed by atoms with Crippen LogP contribution in [0.5, 0.6) is 0 Å². The first kappa shape index (κ1) is 11.7. The number of amides is 1. The van der Waals surface area contributed by atoms with Crippen LogP contribution >= 0.6 is 0 Å². The van der Waals surface area contributed by atoms with Crippen LogP contribution in [0.3, 0.4) is 0 Å². The van der Waals surface area contributed by atoms with Crippen LogP contribution in [0.15, 0.2) is 35.4 Å². The van der Waals surface area contributed by atoms with Crippen LogP contribution in [0, 0.1) is 0 Å². The second-order valence-corrected chi connectivity index (χ2v) is 5.12. The van der Waals surface area contributed by atoms with Gasteiger partial charge >= 0.3 is 0 Å². The van der Waals surface area contributed by atoms with E-state index in [0.717, 1.165) is 5.01 Å². The Morgan fingerprint density at radius 2 is 1.88 bits per heavy atom. The van der Waals surface area contributed by atoms with Crippen molar-refractivity contribution in [3.63, 3.8) is 0 Å². The standard InChI is InChI=1S/C10H10N2O4S/c1-7-9(17(14,15)16)10(13)12(11-7)8-5-3-2-4-6-8/h2-6,9H,1H3,(H,14,15,16)/t9-/m1/s1. The molecule has 1 heterocycles. The average molecular weight is 254 g/mol. The van der Waals surface area contributed by atoms with Gasteiger partial charge in [-0.15, -0.1) is 0 Å². The second kappa shape index (κ2) is 3.94. The number of carbonyl (C=O) groups excluding carboxylic acids is 1. The molecule has 0 aromatic heterocycles. The summed E-state index contributed by atoms with van der Waals surface area (Å²) in [4.78, 5) is 11.8. The largest absolute Gasteiger partial charge is 0.285 e. The van der Waals surface area contributed by atoms with Gasteiger partial charge in [-0.25, -0.2) is 0 Å². The third-order valence-electron chi connectivity index (χ3n) is 2.37. The van der Waals surface area contributed by atoms with Crippen LogP contribution in [0.25, 0.3) is 0 Å². The van der Waals surface area contributed by atoms with E-state index in [4.69, 9.17) is 4.55 Å². The van der Waals surface area contributed by atoms with Crippen LogP contribution < -0.4 is 5.01 Å². The lowest BCUT2D eigenvalue weighted by molar-refractivity contribution is -0.116. The van der Waals surface area contributed by atoms with Gasteiger partial charge in [0.05, 0.1) is 11.4 Å². The molecule has 0 fully saturated rings. The lowest BCUT2D eigenvalue weighted by Crippen LogP contribution is -2.37. The quantitative estimate of drug-likeness (QED) is 0.785. The highest BCUT2D eigenvalue weighted by molar-refractivity contribution is 7.88. The van der Waals surface area contributed by atoms with Crippen molar-refractivity contribution in [2.24, 2.45) is 5.10 Å². The maximum atomic E-state index is 11.8. The zero-order valence-corrected chi connectivity index (χ0v) is 9.76. The maximum absolute atomic E-state index is 11.8. The van der Waals surface area contributed by atoms with E-state index in [0.29, 0.717) is 5.69 Å². The minimum Gasteiger partial charge on any atom is -0.285 e. The normalized spacial score (nSPS) is 20.6. The van der Waals surface area contributed by atoms with Crippen molar-refractivity contribution in [1.29, 1.82) is 0 Å². The van der Waals surface area contributed by atoms with Crippen molar-refractivity contribution < 1.29 is 17.8 Å². The van der Waals surface area contributed by atoms with E-state index in [2.05, 4.69) is 5.10 Å². The van der Waals surface area contributed by atoms with E-state index in [1.807, 2.05) is 0 Å². The highest BCUT2D eigenvalue weighted by Gasteiger charge is 2.42. The van der Waals surface area contributed by atoms with Gasteiger partial charge in [-0.05, 0) is 19.1 Å². The first-order valence-electron chi connectivity index (χ1n) is 4.81. The third-order valence-corrected chi connectivity index (χ3v) is 3.51. The number of carbonyl (C=O) groups is 1. The summed E-state index contributed by atoms with van der Waals surface area (Å²) in [7, 11) is -4.46. The molecule has 1 aliphatic heterocycles. The van der Waals surface area contributed by atoms with Crippen LogP contribution in [0.1, 0.15) is 6.92 Å². The molecule has 7 heteroatoms. The second-order valence-electron chi connectivity index (χ2n) is 3.62. The van der Waals surface area contributed by atoms with Crippen molar-refractivity contribution in [2.75, 3.05) is 5.01 Å². The number of nitrogens with zero attached hydrogens (tertiary/aromatic N) is 2. The molecule has 0 unspecified atom stereocenters. The molecule has 17 heavy (non-hydrogen) atoms. The molecule has 1 aliphatic rings. The predicted octanol–water partition coefficient (Wildman–Crippen LogP) is 0.665. The fourth-order valence-electron chi connectivity index (χ4n) is 1.65. The topological polar surface area (TPSA) is 87.0 Å². The molecule has 1 aromatic carbocycles. The van der Waals surface area contributed by atoms with Gasteiger partial charge in [0.25, 0.3) is 16.0 Å². The smallest absolute Gasteiger partial charge is 0.282 e. The zero-order chi connectivity index (χ0) is 12.6. The molecular weight excluding hydrogens is 244 g/mol. The van der Waals surface area contributed by atoms with E-state index in [1.165, 1.54) is 6.92 Å². The highest BCUT2D eigenvalue weighted by Crippen LogP contribution is 2.22. The molecule has 1 amide bonds. The molecule has 1 N–H and O–H groups in total. The molecule has 0 bridgehead atoms. The van der Waals surface area contributed by atoms with E-state index in [1.54, 1.807) is 30.3 Å². The number of hydrogen-bond acceptors (Lipinski definition) is 4. The summed E-state index contributed by atoms with van der Waals surface area (Å²) in [6.45, 7) is 1.39. The number of hydrogen-bond donors (Lipinski definition) is 1. The van der Waals surface area contributed by atoms with Crippen LogP contribution in [-0.2, 0) is 14.9 Å². The van der Waals surface area contributed by atoms with Gasteiger partial charge < -0.3 is 0 Å². The summed E-state index contributed by atoms with van der Waals surface area (Å²) >= 11 is 0. The van der Waals surface area contributed by atoms with Crippen LogP contribution in [0.4, 0.5) is 5.69 Å². The molecule has 1 aromatic rings. The minimum atomic E-state index is -4.46. The van der Waals surface area contributed by atoms with E-state index in [9.17, 15) is 13.2 Å². The van der Waals surface area contributed by atoms with Gasteiger partial charge in [0, 0.05) is 0 Å². The first-order valence-corrected chi connectivity index (χ1v) is 6.32. The van der Waals surface area contributed by atoms with Gasteiger partial charge in [0.1, 0.15) is 0 Å². The summed E-state index contributed by atoms with van der Waals surface area (Å²) in [6.07, 6.45) is 0. The fourth-order valence-corrected chi connectivity index (χ4v) is 2.48. The third kappa shape index (κ3) is 2.06. The Labute approximate surface area is 98.3 Å². The Bertz CT molecular complexity index is 580. The predicted molar refractivity (Wildman–Crippen MR) is 62.4 cm³/mol. The molecule has 6 nitrogen and oxygen atoms in total. The lowest BCUT2D eigenvalue weighted by atomic mass is 10.3. The molecule has 0 radical (unpaired) electrons. The summed E-state index contributed by atoms with van der Waals surface area (Å²) in [6, 6.07) is 8.42. The number of anilines is 1. The molecule has 2 rings (SSSR count). The van der Waals surface area contributed by atoms with Gasteiger partial charge in [0.2, 0.25) is 5.25 Å². The van der Waals surface area contributed by atoms with Crippen molar-refractivity contribution >= 4 is 27.4 Å². The Balaban J connectivity index is 2.41. The molecule has 0 aliphatic carbocycles. The minimum absolute atomic E-state index is 0.0568. The summed E-state index contributed by atoms with van der Waals surface area (Å²) in [5.74, 6) is -0.767.